The molecule has 7 heteroatoms. The smallest absolute Gasteiger partial charge is 0.173 e. The van der Waals surface area contributed by atoms with Crippen LogP contribution >= 0.6 is 0 Å². The Morgan fingerprint density at radius 2 is 1.86 bits per heavy atom. The molecule has 2 rings (SSSR count). The van der Waals surface area contributed by atoms with Crippen molar-refractivity contribution in [3.05, 3.63) is 36.7 Å². The molecule has 0 saturated heterocycles. The molecular weight excluding hydrogens is 268 g/mol. The first-order valence-corrected chi connectivity index (χ1v) is 6.71. The third-order valence-electron chi connectivity index (χ3n) is 2.80. The number of hydrogen-bond donors (Lipinski definition) is 4. The summed E-state index contributed by atoms with van der Waals surface area (Å²) in [6.07, 6.45) is 2.34. The number of nitrogens with two attached hydrogens (primary N) is 1. The number of hydrogen-bond acceptors (Lipinski definition) is 7. The van der Waals surface area contributed by atoms with Gasteiger partial charge in [-0.3, -0.25) is 10.9 Å². The molecule has 0 saturated carbocycles. The molecule has 0 bridgehead atoms. The number of aromatic nitrogens is 2. The molecule has 1 aromatic heterocycles. The largest absolute Gasteiger partial charge is 0.393 e. The summed E-state index contributed by atoms with van der Waals surface area (Å²) in [6, 6.07) is 9.71. The average Bonchev–Trinajstić information content (AvgIpc) is 2.53. The van der Waals surface area contributed by atoms with E-state index in [0.717, 1.165) is 18.7 Å². The van der Waals surface area contributed by atoms with Crippen molar-refractivity contribution in [3.8, 4) is 0 Å². The van der Waals surface area contributed by atoms with Crippen LogP contribution < -0.4 is 21.9 Å². The van der Waals surface area contributed by atoms with Gasteiger partial charge in [-0.1, -0.05) is 18.2 Å². The molecule has 0 fully saturated rings. The number of methoxy groups -OCH3 is 1. The zero-order valence-corrected chi connectivity index (χ0v) is 12.0. The molecule has 112 valence electrons. The summed E-state index contributed by atoms with van der Waals surface area (Å²) >= 11 is 0. The number of nitrogens with zero attached hydrogens (tertiary/aromatic N) is 2. The molecule has 1 heterocycles. The summed E-state index contributed by atoms with van der Waals surface area (Å²) in [4.78, 5) is 8.26. The lowest BCUT2D eigenvalue weighted by atomic mass is 10.3. The van der Waals surface area contributed by atoms with Gasteiger partial charge >= 0.3 is 0 Å². The molecule has 0 aliphatic rings. The second kappa shape index (κ2) is 7.91. The van der Waals surface area contributed by atoms with Crippen LogP contribution in [-0.4, -0.2) is 30.2 Å². The molecule has 21 heavy (non-hydrogen) atoms. The third-order valence-corrected chi connectivity index (χ3v) is 2.80. The van der Waals surface area contributed by atoms with Gasteiger partial charge in [0.05, 0.1) is 5.69 Å². The molecule has 5 N–H and O–H groups in total. The standard InChI is InChI=1S/C14H20N6O/c1-21-9-5-8-16-13-12(15)14(18-10-17-13)20-19-11-6-3-2-4-7-11/h2-4,6-7,10,19H,5,8-9,15H2,1H3,(H2,16,17,18,20). The van der Waals surface area contributed by atoms with Crippen LogP contribution in [0.1, 0.15) is 6.42 Å². The molecule has 0 aliphatic carbocycles. The van der Waals surface area contributed by atoms with Gasteiger partial charge in [-0.15, -0.1) is 0 Å². The SMILES string of the molecule is COCCCNc1ncnc(NNc2ccccc2)c1N. The number of para-hydroxylation sites is 1. The highest BCUT2D eigenvalue weighted by atomic mass is 16.5. The first-order valence-electron chi connectivity index (χ1n) is 6.71. The highest BCUT2D eigenvalue weighted by Gasteiger charge is 2.07. The van der Waals surface area contributed by atoms with Crippen LogP contribution in [0.3, 0.4) is 0 Å². The van der Waals surface area contributed by atoms with Crippen molar-refractivity contribution in [2.75, 3.05) is 42.2 Å². The van der Waals surface area contributed by atoms with Crippen LogP contribution in [-0.2, 0) is 4.74 Å². The van der Waals surface area contributed by atoms with Crippen LogP contribution in [0, 0.1) is 0 Å². The summed E-state index contributed by atoms with van der Waals surface area (Å²) in [6.45, 7) is 1.43. The second-order valence-corrected chi connectivity index (χ2v) is 4.37. The normalized spacial score (nSPS) is 10.1. The lowest BCUT2D eigenvalue weighted by Crippen LogP contribution is -2.14. The minimum atomic E-state index is 0.471. The lowest BCUT2D eigenvalue weighted by Gasteiger charge is -2.13. The number of benzene rings is 1. The first kappa shape index (κ1) is 14.9. The Morgan fingerprint density at radius 3 is 2.62 bits per heavy atom. The minimum Gasteiger partial charge on any atom is -0.393 e. The Bertz CT molecular complexity index is 548. The number of hydrazine groups is 1. The fourth-order valence-electron chi connectivity index (χ4n) is 1.71. The Morgan fingerprint density at radius 1 is 1.10 bits per heavy atom. The quantitative estimate of drug-likeness (QED) is 0.435. The fourth-order valence-corrected chi connectivity index (χ4v) is 1.71. The van der Waals surface area contributed by atoms with Crippen molar-refractivity contribution < 1.29 is 4.74 Å². The van der Waals surface area contributed by atoms with E-state index < -0.39 is 0 Å². The number of rotatable bonds is 8. The third kappa shape index (κ3) is 4.50. The number of anilines is 4. The highest BCUT2D eigenvalue weighted by molar-refractivity contribution is 5.74. The van der Waals surface area contributed by atoms with Crippen molar-refractivity contribution in [3.63, 3.8) is 0 Å². The molecule has 0 atom stereocenters. The van der Waals surface area contributed by atoms with Gasteiger partial charge in [-0.25, -0.2) is 9.97 Å². The number of ether oxygens (including phenoxy) is 1. The molecule has 2 aromatic rings. The molecule has 0 aliphatic heterocycles. The lowest BCUT2D eigenvalue weighted by molar-refractivity contribution is 0.198. The Balaban J connectivity index is 1.94. The van der Waals surface area contributed by atoms with Crippen LogP contribution in [0.25, 0.3) is 0 Å². The van der Waals surface area contributed by atoms with Gasteiger partial charge in [0.2, 0.25) is 0 Å². The minimum absolute atomic E-state index is 0.471. The summed E-state index contributed by atoms with van der Waals surface area (Å²) in [5.41, 5.74) is 13.5. The van der Waals surface area contributed by atoms with Crippen LogP contribution in [0.15, 0.2) is 36.7 Å². The van der Waals surface area contributed by atoms with Crippen LogP contribution in [0.4, 0.5) is 23.0 Å². The molecule has 7 nitrogen and oxygen atoms in total. The van der Waals surface area contributed by atoms with Crippen LogP contribution in [0.2, 0.25) is 0 Å². The van der Waals surface area contributed by atoms with E-state index in [4.69, 9.17) is 10.5 Å². The van der Waals surface area contributed by atoms with Gasteiger partial charge in [0.25, 0.3) is 0 Å². The van der Waals surface area contributed by atoms with E-state index >= 15 is 0 Å². The molecular formula is C14H20N6O. The van der Waals surface area contributed by atoms with E-state index in [1.165, 1.54) is 6.33 Å². The van der Waals surface area contributed by atoms with E-state index in [2.05, 4.69) is 26.1 Å². The zero-order chi connectivity index (χ0) is 14.9. The maximum atomic E-state index is 6.04. The van der Waals surface area contributed by atoms with Crippen molar-refractivity contribution in [2.45, 2.75) is 6.42 Å². The maximum Gasteiger partial charge on any atom is 0.173 e. The van der Waals surface area contributed by atoms with Gasteiger partial charge < -0.3 is 15.8 Å². The molecule has 0 spiro atoms. The Labute approximate surface area is 123 Å². The van der Waals surface area contributed by atoms with E-state index in [1.54, 1.807) is 7.11 Å². The number of nitrogen functional groups attached to an aromatic ring is 1. The molecule has 0 amide bonds. The summed E-state index contributed by atoms with van der Waals surface area (Å²) in [7, 11) is 1.68. The molecule has 1 aromatic carbocycles. The summed E-state index contributed by atoms with van der Waals surface area (Å²) < 4.78 is 4.99. The highest BCUT2D eigenvalue weighted by Crippen LogP contribution is 2.22. The summed E-state index contributed by atoms with van der Waals surface area (Å²) in [5, 5.41) is 3.16. The predicted octanol–water partition coefficient (Wildman–Crippen LogP) is 1.95. The number of nitrogens with one attached hydrogen (secondary N) is 3. The predicted molar refractivity (Wildman–Crippen MR) is 85.1 cm³/mol. The second-order valence-electron chi connectivity index (χ2n) is 4.37. The van der Waals surface area contributed by atoms with Gasteiger partial charge in [-0.05, 0) is 18.6 Å². The van der Waals surface area contributed by atoms with Gasteiger partial charge in [0.15, 0.2) is 11.6 Å². The Hall–Kier alpha value is -2.54. The topological polar surface area (TPSA) is 97.1 Å². The Kier molecular flexibility index (Phi) is 5.60. The van der Waals surface area contributed by atoms with Crippen molar-refractivity contribution in [1.82, 2.24) is 9.97 Å². The van der Waals surface area contributed by atoms with Gasteiger partial charge in [0.1, 0.15) is 12.0 Å². The van der Waals surface area contributed by atoms with Crippen molar-refractivity contribution in [2.24, 2.45) is 0 Å². The monoisotopic (exact) mass is 288 g/mol. The molecule has 0 unspecified atom stereocenters. The maximum absolute atomic E-state index is 6.04. The van der Waals surface area contributed by atoms with E-state index in [-0.39, 0.29) is 0 Å². The molecule has 0 radical (unpaired) electrons. The average molecular weight is 288 g/mol. The fraction of sp³-hybridized carbons (Fsp3) is 0.286. The summed E-state index contributed by atoms with van der Waals surface area (Å²) in [5.74, 6) is 1.14. The van der Waals surface area contributed by atoms with E-state index in [1.807, 2.05) is 30.3 Å². The zero-order valence-electron chi connectivity index (χ0n) is 12.0. The van der Waals surface area contributed by atoms with E-state index in [9.17, 15) is 0 Å². The van der Waals surface area contributed by atoms with Crippen LogP contribution in [0.5, 0.6) is 0 Å². The first-order chi connectivity index (χ1) is 10.3. The van der Waals surface area contributed by atoms with Crippen molar-refractivity contribution >= 4 is 23.0 Å². The van der Waals surface area contributed by atoms with E-state index in [0.29, 0.717) is 23.9 Å². The van der Waals surface area contributed by atoms with Crippen molar-refractivity contribution in [1.29, 1.82) is 0 Å². The van der Waals surface area contributed by atoms with Gasteiger partial charge in [-0.2, -0.15) is 0 Å². The van der Waals surface area contributed by atoms with Gasteiger partial charge in [0, 0.05) is 20.3 Å².